The van der Waals surface area contributed by atoms with Gasteiger partial charge in [0.05, 0.1) is 13.0 Å². The largest absolute Gasteiger partial charge is 0.481 e. The number of carboxylic acids is 1. The molecule has 2 aromatic carbocycles. The fourth-order valence-corrected chi connectivity index (χ4v) is 4.34. The van der Waals surface area contributed by atoms with E-state index in [0.717, 1.165) is 22.3 Å². The van der Waals surface area contributed by atoms with Crippen molar-refractivity contribution in [2.24, 2.45) is 5.41 Å². The molecule has 0 aromatic heterocycles. The smallest absolute Gasteiger partial charge is 0.407 e. The number of benzene rings is 2. The molecule has 1 unspecified atom stereocenters. The third-order valence-corrected chi connectivity index (χ3v) is 5.66. The fraction of sp³-hybridized carbons (Fsp3) is 0.423. The van der Waals surface area contributed by atoms with Gasteiger partial charge in [-0.25, -0.2) is 4.79 Å². The number of aliphatic hydroxyl groups is 1. The summed E-state index contributed by atoms with van der Waals surface area (Å²) < 4.78 is 5.48. The lowest BCUT2D eigenvalue weighted by atomic mass is 9.95. The summed E-state index contributed by atoms with van der Waals surface area (Å²) in [5, 5.41) is 21.1. The van der Waals surface area contributed by atoms with Gasteiger partial charge in [-0.15, -0.1) is 0 Å². The normalized spacial score (nSPS) is 13.5. The molecular weight excluding hydrogens is 436 g/mol. The Morgan fingerprint density at radius 2 is 1.59 bits per heavy atom. The number of hydrogen-bond donors (Lipinski definition) is 3. The predicted molar refractivity (Wildman–Crippen MR) is 127 cm³/mol. The Kier molecular flexibility index (Phi) is 7.94. The molecule has 1 aliphatic carbocycles. The minimum atomic E-state index is -1.30. The molecule has 0 saturated carbocycles. The second-order valence-corrected chi connectivity index (χ2v) is 9.66. The topological polar surface area (TPSA) is 116 Å². The van der Waals surface area contributed by atoms with Crippen LogP contribution in [0, 0.1) is 5.41 Å². The fourth-order valence-electron chi connectivity index (χ4n) is 4.34. The number of nitrogens with zero attached hydrogens (tertiary/aromatic N) is 1. The second-order valence-electron chi connectivity index (χ2n) is 9.66. The standard InChI is InChI=1S/C26H32N2O6/c1-26(2,3)16-28(12-13-29)24(32)22(14-23(30)31)27-25(33)34-15-21-19-10-6-4-8-17(19)18-9-5-7-11-20(18)21/h4-11,21-22,29H,12-16H2,1-3H3,(H,27,33)(H,30,31). The van der Waals surface area contributed by atoms with Crippen molar-refractivity contribution in [2.75, 3.05) is 26.3 Å². The third kappa shape index (κ3) is 6.14. The summed E-state index contributed by atoms with van der Waals surface area (Å²) in [7, 11) is 0. The second kappa shape index (κ2) is 10.7. The van der Waals surface area contributed by atoms with E-state index in [9.17, 15) is 24.6 Å². The van der Waals surface area contributed by atoms with E-state index < -0.39 is 30.4 Å². The molecule has 0 aliphatic heterocycles. The molecular formula is C26H32N2O6. The third-order valence-electron chi connectivity index (χ3n) is 5.66. The Hall–Kier alpha value is -3.39. The predicted octanol–water partition coefficient (Wildman–Crippen LogP) is 3.24. The minimum Gasteiger partial charge on any atom is -0.481 e. The number of carbonyl (C=O) groups excluding carboxylic acids is 2. The SMILES string of the molecule is CC(C)(C)CN(CCO)C(=O)C(CC(=O)O)NC(=O)OCC1c2ccccc2-c2ccccc21. The van der Waals surface area contributed by atoms with Gasteiger partial charge in [0.25, 0.3) is 0 Å². The molecule has 34 heavy (non-hydrogen) atoms. The summed E-state index contributed by atoms with van der Waals surface area (Å²) in [5.41, 5.74) is 4.01. The van der Waals surface area contributed by atoms with E-state index in [2.05, 4.69) is 5.32 Å². The lowest BCUT2D eigenvalue weighted by molar-refractivity contribution is -0.143. The molecule has 0 spiro atoms. The Balaban J connectivity index is 1.71. The molecule has 0 fully saturated rings. The monoisotopic (exact) mass is 468 g/mol. The van der Waals surface area contributed by atoms with Crippen molar-refractivity contribution < 1.29 is 29.3 Å². The van der Waals surface area contributed by atoms with E-state index in [1.165, 1.54) is 4.90 Å². The number of hydrogen-bond acceptors (Lipinski definition) is 5. The Morgan fingerprint density at radius 3 is 2.09 bits per heavy atom. The lowest BCUT2D eigenvalue weighted by Gasteiger charge is -2.32. The molecule has 3 N–H and O–H groups in total. The van der Waals surface area contributed by atoms with Crippen molar-refractivity contribution in [1.82, 2.24) is 10.2 Å². The molecule has 182 valence electrons. The Morgan fingerprint density at radius 1 is 1.03 bits per heavy atom. The summed E-state index contributed by atoms with van der Waals surface area (Å²) in [6, 6.07) is 14.5. The van der Waals surface area contributed by atoms with Crippen LogP contribution in [0.2, 0.25) is 0 Å². The number of ether oxygens (including phenoxy) is 1. The van der Waals surface area contributed by atoms with Crippen LogP contribution in [0.1, 0.15) is 44.2 Å². The van der Waals surface area contributed by atoms with Crippen LogP contribution in [-0.4, -0.2) is 65.4 Å². The van der Waals surface area contributed by atoms with Crippen LogP contribution in [0.15, 0.2) is 48.5 Å². The Bertz CT molecular complexity index is 1000. The van der Waals surface area contributed by atoms with Crippen LogP contribution >= 0.6 is 0 Å². The molecule has 3 rings (SSSR count). The lowest BCUT2D eigenvalue weighted by Crippen LogP contribution is -2.52. The van der Waals surface area contributed by atoms with Gasteiger partial charge in [0, 0.05) is 19.0 Å². The van der Waals surface area contributed by atoms with Crippen LogP contribution in [0.4, 0.5) is 4.79 Å². The highest BCUT2D eigenvalue weighted by atomic mass is 16.5. The molecule has 2 amide bonds. The summed E-state index contributed by atoms with van der Waals surface area (Å²) >= 11 is 0. The average Bonchev–Trinajstić information content (AvgIpc) is 3.09. The van der Waals surface area contributed by atoms with Crippen molar-refractivity contribution in [1.29, 1.82) is 0 Å². The molecule has 8 nitrogen and oxygen atoms in total. The first-order valence-electron chi connectivity index (χ1n) is 11.3. The van der Waals surface area contributed by atoms with Gasteiger partial charge in [0.2, 0.25) is 5.91 Å². The van der Waals surface area contributed by atoms with Gasteiger partial charge in [-0.2, -0.15) is 0 Å². The van der Waals surface area contributed by atoms with Crippen LogP contribution in [0.3, 0.4) is 0 Å². The number of alkyl carbamates (subject to hydrolysis) is 1. The maximum Gasteiger partial charge on any atom is 0.407 e. The zero-order valence-electron chi connectivity index (χ0n) is 19.8. The van der Waals surface area contributed by atoms with Gasteiger partial charge in [0.15, 0.2) is 0 Å². The first-order valence-corrected chi connectivity index (χ1v) is 11.3. The first-order chi connectivity index (χ1) is 16.1. The maximum absolute atomic E-state index is 13.1. The number of rotatable bonds is 9. The summed E-state index contributed by atoms with van der Waals surface area (Å²) in [5.74, 6) is -1.95. The van der Waals surface area contributed by atoms with Gasteiger partial charge in [0.1, 0.15) is 12.6 Å². The minimum absolute atomic E-state index is 0.0403. The van der Waals surface area contributed by atoms with E-state index in [-0.39, 0.29) is 31.1 Å². The average molecular weight is 469 g/mol. The number of carbonyl (C=O) groups is 3. The van der Waals surface area contributed by atoms with E-state index in [1.807, 2.05) is 69.3 Å². The molecule has 0 heterocycles. The summed E-state index contributed by atoms with van der Waals surface area (Å²) in [6.45, 7) is 5.90. The van der Waals surface area contributed by atoms with Gasteiger partial charge < -0.3 is 25.2 Å². The van der Waals surface area contributed by atoms with Crippen molar-refractivity contribution in [2.45, 2.75) is 39.2 Å². The van der Waals surface area contributed by atoms with Crippen LogP contribution in [0.25, 0.3) is 11.1 Å². The molecule has 0 radical (unpaired) electrons. The van der Waals surface area contributed by atoms with Crippen molar-refractivity contribution in [3.8, 4) is 11.1 Å². The van der Waals surface area contributed by atoms with Gasteiger partial charge >= 0.3 is 12.1 Å². The maximum atomic E-state index is 13.1. The van der Waals surface area contributed by atoms with E-state index in [0.29, 0.717) is 6.54 Å². The van der Waals surface area contributed by atoms with Crippen LogP contribution < -0.4 is 5.32 Å². The highest BCUT2D eigenvalue weighted by Crippen LogP contribution is 2.44. The number of amides is 2. The first kappa shape index (κ1) is 25.2. The van der Waals surface area contributed by atoms with Crippen molar-refractivity contribution in [3.63, 3.8) is 0 Å². The molecule has 1 aliphatic rings. The highest BCUT2D eigenvalue weighted by molar-refractivity contribution is 5.89. The number of nitrogens with one attached hydrogen (secondary N) is 1. The number of aliphatic carboxylic acids is 1. The van der Waals surface area contributed by atoms with E-state index >= 15 is 0 Å². The number of carboxylic acid groups (broad SMARTS) is 1. The molecule has 2 aromatic rings. The summed E-state index contributed by atoms with van der Waals surface area (Å²) in [6.07, 6.45) is -1.45. The van der Waals surface area contributed by atoms with Gasteiger partial charge in [-0.1, -0.05) is 69.3 Å². The molecule has 0 saturated heterocycles. The summed E-state index contributed by atoms with van der Waals surface area (Å²) in [4.78, 5) is 38.5. The van der Waals surface area contributed by atoms with Gasteiger partial charge in [-0.05, 0) is 27.7 Å². The number of aliphatic hydroxyl groups excluding tert-OH is 1. The van der Waals surface area contributed by atoms with Crippen LogP contribution in [-0.2, 0) is 14.3 Å². The van der Waals surface area contributed by atoms with Crippen molar-refractivity contribution in [3.05, 3.63) is 59.7 Å². The zero-order chi connectivity index (χ0) is 24.9. The van der Waals surface area contributed by atoms with Gasteiger partial charge in [-0.3, -0.25) is 9.59 Å². The Labute approximate surface area is 199 Å². The van der Waals surface area contributed by atoms with E-state index in [4.69, 9.17) is 4.74 Å². The van der Waals surface area contributed by atoms with Crippen LogP contribution in [0.5, 0.6) is 0 Å². The molecule has 1 atom stereocenters. The highest BCUT2D eigenvalue weighted by Gasteiger charge is 2.32. The van der Waals surface area contributed by atoms with Crippen molar-refractivity contribution >= 4 is 18.0 Å². The van der Waals surface area contributed by atoms with E-state index in [1.54, 1.807) is 0 Å². The molecule has 0 bridgehead atoms. The number of fused-ring (bicyclic) bond motifs is 3. The quantitative estimate of drug-likeness (QED) is 0.520. The molecule has 8 heteroatoms. The zero-order valence-corrected chi connectivity index (χ0v) is 19.8.